The number of methoxy groups -OCH3 is 1. The van der Waals surface area contributed by atoms with Gasteiger partial charge in [0.15, 0.2) is 0 Å². The average Bonchev–Trinajstić information content (AvgIpc) is 2.92. The highest BCUT2D eigenvalue weighted by Crippen LogP contribution is 2.28. The smallest absolute Gasteiger partial charge is 0.117 e. The van der Waals surface area contributed by atoms with Crippen LogP contribution in [0.3, 0.4) is 0 Å². The SMILES string of the molecule is COCCn1ccnc1[C@@H]1CNCc2ccccc21. The van der Waals surface area contributed by atoms with Gasteiger partial charge in [0.1, 0.15) is 5.82 Å². The minimum absolute atomic E-state index is 0.330. The Hall–Kier alpha value is -1.65. The van der Waals surface area contributed by atoms with Gasteiger partial charge < -0.3 is 14.6 Å². The fourth-order valence-corrected chi connectivity index (χ4v) is 2.74. The lowest BCUT2D eigenvalue weighted by Crippen LogP contribution is -2.30. The Morgan fingerprint density at radius 1 is 1.42 bits per heavy atom. The van der Waals surface area contributed by atoms with Crippen molar-refractivity contribution in [1.82, 2.24) is 14.9 Å². The van der Waals surface area contributed by atoms with Gasteiger partial charge in [-0.25, -0.2) is 4.98 Å². The normalized spacial score (nSPS) is 18.3. The standard InChI is InChI=1S/C15H19N3O/c1-19-9-8-18-7-6-17-15(18)14-11-16-10-12-4-2-3-5-13(12)14/h2-7,14,16H,8-11H2,1H3/t14-/m1/s1. The number of rotatable bonds is 4. The Kier molecular flexibility index (Phi) is 3.62. The topological polar surface area (TPSA) is 39.1 Å². The van der Waals surface area contributed by atoms with E-state index >= 15 is 0 Å². The van der Waals surface area contributed by atoms with E-state index in [4.69, 9.17) is 4.74 Å². The molecule has 1 aliphatic rings. The summed E-state index contributed by atoms with van der Waals surface area (Å²) in [6.07, 6.45) is 3.91. The summed E-state index contributed by atoms with van der Waals surface area (Å²) in [4.78, 5) is 4.56. The van der Waals surface area contributed by atoms with E-state index in [0.29, 0.717) is 12.5 Å². The summed E-state index contributed by atoms with van der Waals surface area (Å²) >= 11 is 0. The van der Waals surface area contributed by atoms with Crippen molar-refractivity contribution in [1.29, 1.82) is 0 Å². The molecule has 100 valence electrons. The van der Waals surface area contributed by atoms with Gasteiger partial charge in [-0.1, -0.05) is 24.3 Å². The predicted molar refractivity (Wildman–Crippen MR) is 74.1 cm³/mol. The van der Waals surface area contributed by atoms with Crippen LogP contribution in [0.2, 0.25) is 0 Å². The van der Waals surface area contributed by atoms with Crippen molar-refractivity contribution in [2.45, 2.75) is 19.0 Å². The zero-order valence-electron chi connectivity index (χ0n) is 11.2. The van der Waals surface area contributed by atoms with Crippen molar-refractivity contribution in [3.05, 3.63) is 53.6 Å². The molecule has 0 aliphatic carbocycles. The Balaban J connectivity index is 1.93. The van der Waals surface area contributed by atoms with E-state index in [2.05, 4.69) is 39.1 Å². The largest absolute Gasteiger partial charge is 0.383 e. The van der Waals surface area contributed by atoms with Gasteiger partial charge in [-0.05, 0) is 11.1 Å². The number of ether oxygens (including phenoxy) is 1. The van der Waals surface area contributed by atoms with Crippen LogP contribution in [0.25, 0.3) is 0 Å². The van der Waals surface area contributed by atoms with Crippen molar-refractivity contribution >= 4 is 0 Å². The van der Waals surface area contributed by atoms with Gasteiger partial charge in [0.2, 0.25) is 0 Å². The van der Waals surface area contributed by atoms with Gasteiger partial charge in [0.25, 0.3) is 0 Å². The second-order valence-electron chi connectivity index (χ2n) is 4.85. The third kappa shape index (κ3) is 2.41. The van der Waals surface area contributed by atoms with Gasteiger partial charge in [-0.15, -0.1) is 0 Å². The molecule has 0 spiro atoms. The van der Waals surface area contributed by atoms with E-state index < -0.39 is 0 Å². The van der Waals surface area contributed by atoms with Crippen molar-refractivity contribution in [3.8, 4) is 0 Å². The molecule has 1 N–H and O–H groups in total. The zero-order valence-corrected chi connectivity index (χ0v) is 11.2. The van der Waals surface area contributed by atoms with Crippen LogP contribution in [0.15, 0.2) is 36.7 Å². The van der Waals surface area contributed by atoms with Crippen LogP contribution in [-0.4, -0.2) is 29.8 Å². The first kappa shape index (κ1) is 12.4. The van der Waals surface area contributed by atoms with Crippen LogP contribution < -0.4 is 5.32 Å². The number of nitrogens with one attached hydrogen (secondary N) is 1. The van der Waals surface area contributed by atoms with E-state index in [1.165, 1.54) is 11.1 Å². The van der Waals surface area contributed by atoms with Crippen molar-refractivity contribution in [3.63, 3.8) is 0 Å². The number of aromatic nitrogens is 2. The summed E-state index contributed by atoms with van der Waals surface area (Å²) in [5.74, 6) is 1.45. The van der Waals surface area contributed by atoms with Crippen molar-refractivity contribution in [2.75, 3.05) is 20.3 Å². The molecule has 1 atom stereocenters. The molecule has 1 aromatic heterocycles. The third-order valence-electron chi connectivity index (χ3n) is 3.69. The zero-order chi connectivity index (χ0) is 13.1. The third-order valence-corrected chi connectivity index (χ3v) is 3.69. The molecule has 2 heterocycles. The predicted octanol–water partition coefficient (Wildman–Crippen LogP) is 1.76. The molecule has 0 saturated carbocycles. The minimum atomic E-state index is 0.330. The number of hydrogen-bond acceptors (Lipinski definition) is 3. The fraction of sp³-hybridized carbons (Fsp3) is 0.400. The van der Waals surface area contributed by atoms with E-state index in [9.17, 15) is 0 Å². The van der Waals surface area contributed by atoms with Crippen molar-refractivity contribution < 1.29 is 4.74 Å². The molecule has 0 bridgehead atoms. The van der Waals surface area contributed by atoms with Crippen LogP contribution in [-0.2, 0) is 17.8 Å². The molecule has 1 aliphatic heterocycles. The summed E-state index contributed by atoms with van der Waals surface area (Å²) in [5, 5.41) is 3.48. The quantitative estimate of drug-likeness (QED) is 0.907. The summed E-state index contributed by atoms with van der Waals surface area (Å²) in [5.41, 5.74) is 2.77. The van der Waals surface area contributed by atoms with Gasteiger partial charge in [-0.3, -0.25) is 0 Å². The molecule has 0 saturated heterocycles. The van der Waals surface area contributed by atoms with Gasteiger partial charge in [-0.2, -0.15) is 0 Å². The Morgan fingerprint density at radius 3 is 3.21 bits per heavy atom. The number of fused-ring (bicyclic) bond motifs is 1. The Bertz CT molecular complexity index is 550. The number of nitrogens with zero attached hydrogens (tertiary/aromatic N) is 2. The highest BCUT2D eigenvalue weighted by atomic mass is 16.5. The summed E-state index contributed by atoms with van der Waals surface area (Å²) < 4.78 is 7.36. The van der Waals surface area contributed by atoms with Gasteiger partial charge in [0, 0.05) is 39.1 Å². The lowest BCUT2D eigenvalue weighted by atomic mass is 9.90. The van der Waals surface area contributed by atoms with Crippen LogP contribution >= 0.6 is 0 Å². The minimum Gasteiger partial charge on any atom is -0.383 e. The monoisotopic (exact) mass is 257 g/mol. The summed E-state index contributed by atoms with van der Waals surface area (Å²) in [6.45, 7) is 3.46. The Labute approximate surface area is 113 Å². The molecular formula is C15H19N3O. The molecule has 1 aromatic carbocycles. The maximum Gasteiger partial charge on any atom is 0.117 e. The second kappa shape index (κ2) is 5.55. The molecule has 2 aromatic rings. The van der Waals surface area contributed by atoms with E-state index in [1.807, 2.05) is 12.4 Å². The van der Waals surface area contributed by atoms with E-state index in [-0.39, 0.29) is 0 Å². The first-order valence-electron chi connectivity index (χ1n) is 6.68. The highest BCUT2D eigenvalue weighted by molar-refractivity contribution is 5.36. The van der Waals surface area contributed by atoms with E-state index in [1.54, 1.807) is 7.11 Å². The molecule has 4 nitrogen and oxygen atoms in total. The summed E-state index contributed by atoms with van der Waals surface area (Å²) in [6, 6.07) is 8.62. The lowest BCUT2D eigenvalue weighted by Gasteiger charge is -2.26. The molecule has 4 heteroatoms. The molecule has 3 rings (SSSR count). The maximum absolute atomic E-state index is 5.16. The maximum atomic E-state index is 5.16. The van der Waals surface area contributed by atoms with E-state index in [0.717, 1.165) is 25.5 Å². The molecule has 0 radical (unpaired) electrons. The van der Waals surface area contributed by atoms with Crippen LogP contribution in [0, 0.1) is 0 Å². The van der Waals surface area contributed by atoms with Crippen LogP contribution in [0.5, 0.6) is 0 Å². The number of imidazole rings is 1. The number of hydrogen-bond donors (Lipinski definition) is 1. The van der Waals surface area contributed by atoms with Crippen LogP contribution in [0.4, 0.5) is 0 Å². The Morgan fingerprint density at radius 2 is 2.32 bits per heavy atom. The molecular weight excluding hydrogens is 238 g/mol. The molecule has 19 heavy (non-hydrogen) atoms. The second-order valence-corrected chi connectivity index (χ2v) is 4.85. The molecule has 0 fully saturated rings. The first-order valence-corrected chi connectivity index (χ1v) is 6.68. The van der Waals surface area contributed by atoms with Crippen molar-refractivity contribution in [2.24, 2.45) is 0 Å². The molecule has 0 amide bonds. The van der Waals surface area contributed by atoms with Gasteiger partial charge >= 0.3 is 0 Å². The summed E-state index contributed by atoms with van der Waals surface area (Å²) in [7, 11) is 1.73. The lowest BCUT2D eigenvalue weighted by molar-refractivity contribution is 0.186. The molecule has 0 unspecified atom stereocenters. The van der Waals surface area contributed by atoms with Gasteiger partial charge in [0.05, 0.1) is 12.5 Å². The average molecular weight is 257 g/mol. The fourth-order valence-electron chi connectivity index (χ4n) is 2.74. The highest BCUT2D eigenvalue weighted by Gasteiger charge is 2.24. The number of benzene rings is 1. The first-order chi connectivity index (χ1) is 9.40. The van der Waals surface area contributed by atoms with Crippen LogP contribution in [0.1, 0.15) is 22.9 Å².